The third-order valence-corrected chi connectivity index (χ3v) is 10.6. The zero-order chi connectivity index (χ0) is 30.1. The molecule has 3 saturated carbocycles. The summed E-state index contributed by atoms with van der Waals surface area (Å²) in [5.74, 6) is 1.84. The third-order valence-electron chi connectivity index (χ3n) is 10.6. The van der Waals surface area contributed by atoms with Gasteiger partial charge in [0.25, 0.3) is 0 Å². The van der Waals surface area contributed by atoms with Crippen LogP contribution in [-0.2, 0) is 9.47 Å². The molecule has 0 amide bonds. The van der Waals surface area contributed by atoms with Crippen molar-refractivity contribution in [3.63, 3.8) is 0 Å². The third kappa shape index (κ3) is 7.35. The van der Waals surface area contributed by atoms with Gasteiger partial charge >= 0.3 is 0 Å². The summed E-state index contributed by atoms with van der Waals surface area (Å²) in [7, 11) is 0. The first kappa shape index (κ1) is 32.8. The number of hydrogen-bond donors (Lipinski definition) is 6. The summed E-state index contributed by atoms with van der Waals surface area (Å²) in [6.45, 7) is 12.4. The predicted octanol–water partition coefficient (Wildman–Crippen LogP) is 3.53. The smallest absolute Gasteiger partial charge is 0.187 e. The second-order valence-electron chi connectivity index (χ2n) is 14.2. The molecule has 0 radical (unpaired) electrons. The van der Waals surface area contributed by atoms with Gasteiger partial charge in [-0.05, 0) is 93.1 Å². The van der Waals surface area contributed by atoms with Gasteiger partial charge in [-0.3, -0.25) is 0 Å². The Morgan fingerprint density at radius 1 is 1.12 bits per heavy atom. The summed E-state index contributed by atoms with van der Waals surface area (Å²) in [6, 6.07) is 0. The van der Waals surface area contributed by atoms with E-state index in [1.807, 2.05) is 13.8 Å². The normalized spacial score (nSPS) is 43.0. The van der Waals surface area contributed by atoms with Gasteiger partial charge in [0.15, 0.2) is 6.29 Å². The van der Waals surface area contributed by atoms with Crippen molar-refractivity contribution in [1.29, 1.82) is 0 Å². The molecule has 8 heteroatoms. The van der Waals surface area contributed by atoms with Crippen LogP contribution in [-0.4, -0.2) is 85.8 Å². The molecule has 8 nitrogen and oxygen atoms in total. The van der Waals surface area contributed by atoms with Gasteiger partial charge in [0.2, 0.25) is 0 Å². The Balaban J connectivity index is 1.44. The lowest BCUT2D eigenvalue weighted by atomic mass is 9.60. The highest BCUT2D eigenvalue weighted by molar-refractivity contribution is 5.39. The van der Waals surface area contributed by atoms with E-state index in [2.05, 4.69) is 32.6 Å². The Hall–Kier alpha value is -1.10. The zero-order valence-corrected chi connectivity index (χ0v) is 25.4. The predicted molar refractivity (Wildman–Crippen MR) is 157 cm³/mol. The van der Waals surface area contributed by atoms with Crippen molar-refractivity contribution >= 4 is 0 Å². The lowest BCUT2D eigenvalue weighted by molar-refractivity contribution is -0.309. The maximum atomic E-state index is 10.7. The minimum Gasteiger partial charge on any atom is -0.394 e. The Kier molecular flexibility index (Phi) is 10.6. The zero-order valence-electron chi connectivity index (χ0n) is 25.4. The topological polar surface area (TPSA) is 140 Å². The average molecular weight is 579 g/mol. The maximum absolute atomic E-state index is 10.7. The standard InChI is InChI=1S/C33H54O8/c1-19(8-6-14-32(3,4)39)24-12-13-25-21(9-7-15-33(24,25)5)10-11-22-16-23(35)17-26(20(22)2)40-31-30(38)29(37)28(36)27(18-34)41-31/h10-11,19,23-31,34-39H,2,6-9,12-18H2,1,3-5H3/b21-10+,22-11-/t19?,23-,24-,25?,26+,27?,28?,29?,30?,31?,33-/m1/s1. The fourth-order valence-electron chi connectivity index (χ4n) is 8.20. The average Bonchev–Trinajstić information content (AvgIpc) is 3.26. The van der Waals surface area contributed by atoms with Crippen molar-refractivity contribution in [3.05, 3.63) is 35.5 Å². The number of hydrogen-bond acceptors (Lipinski definition) is 8. The number of aliphatic hydroxyl groups excluding tert-OH is 5. The van der Waals surface area contributed by atoms with E-state index >= 15 is 0 Å². The van der Waals surface area contributed by atoms with Crippen LogP contribution in [0.1, 0.15) is 91.9 Å². The van der Waals surface area contributed by atoms with E-state index in [4.69, 9.17) is 9.47 Å². The highest BCUT2D eigenvalue weighted by Gasteiger charge is 2.50. The van der Waals surface area contributed by atoms with Crippen LogP contribution in [0.3, 0.4) is 0 Å². The first-order chi connectivity index (χ1) is 19.2. The van der Waals surface area contributed by atoms with Crippen molar-refractivity contribution < 1.29 is 40.1 Å². The molecule has 0 aromatic rings. The van der Waals surface area contributed by atoms with Crippen molar-refractivity contribution in [1.82, 2.24) is 0 Å². The molecule has 6 N–H and O–H groups in total. The van der Waals surface area contributed by atoms with Crippen molar-refractivity contribution in [2.75, 3.05) is 6.61 Å². The van der Waals surface area contributed by atoms with E-state index in [0.717, 1.165) is 31.3 Å². The molecule has 0 spiro atoms. The summed E-state index contributed by atoms with van der Waals surface area (Å²) in [4.78, 5) is 0. The van der Waals surface area contributed by atoms with E-state index in [0.29, 0.717) is 29.7 Å². The van der Waals surface area contributed by atoms with E-state index in [9.17, 15) is 30.6 Å². The Bertz CT molecular complexity index is 967. The van der Waals surface area contributed by atoms with Gasteiger partial charge in [-0.1, -0.05) is 51.0 Å². The van der Waals surface area contributed by atoms with Crippen molar-refractivity contribution in [2.45, 2.75) is 140 Å². The van der Waals surface area contributed by atoms with Gasteiger partial charge in [0.1, 0.15) is 24.4 Å². The van der Waals surface area contributed by atoms with E-state index in [1.165, 1.54) is 31.3 Å². The molecule has 1 heterocycles. The van der Waals surface area contributed by atoms with Crippen LogP contribution in [0.2, 0.25) is 0 Å². The molecule has 0 aromatic carbocycles. The first-order valence-corrected chi connectivity index (χ1v) is 15.7. The number of fused-ring (bicyclic) bond motifs is 1. The Labute approximate surface area is 245 Å². The van der Waals surface area contributed by atoms with Crippen molar-refractivity contribution in [2.24, 2.45) is 23.2 Å². The van der Waals surface area contributed by atoms with Crippen LogP contribution in [0.15, 0.2) is 35.5 Å². The fraction of sp³-hybridized carbons (Fsp3) is 0.818. The molecule has 41 heavy (non-hydrogen) atoms. The van der Waals surface area contributed by atoms with Crippen LogP contribution >= 0.6 is 0 Å². The highest BCUT2D eigenvalue weighted by atomic mass is 16.7. The molecule has 4 fully saturated rings. The number of allylic oxidation sites excluding steroid dienone is 3. The molecule has 0 bridgehead atoms. The first-order valence-electron chi connectivity index (χ1n) is 15.7. The quantitative estimate of drug-likeness (QED) is 0.244. The number of aliphatic hydroxyl groups is 6. The second kappa shape index (κ2) is 13.3. The molecule has 7 unspecified atom stereocenters. The van der Waals surface area contributed by atoms with Gasteiger partial charge < -0.3 is 40.1 Å². The summed E-state index contributed by atoms with van der Waals surface area (Å²) < 4.78 is 11.5. The van der Waals surface area contributed by atoms with Gasteiger partial charge in [0, 0.05) is 6.42 Å². The molecule has 3 aliphatic carbocycles. The maximum Gasteiger partial charge on any atom is 0.187 e. The van der Waals surface area contributed by atoms with E-state index in [1.54, 1.807) is 0 Å². The molecule has 1 aliphatic heterocycles. The van der Waals surface area contributed by atoms with Crippen LogP contribution in [0.25, 0.3) is 0 Å². The monoisotopic (exact) mass is 578 g/mol. The molecule has 0 aromatic heterocycles. The van der Waals surface area contributed by atoms with Crippen molar-refractivity contribution in [3.8, 4) is 0 Å². The van der Waals surface area contributed by atoms with Crippen LogP contribution in [0.5, 0.6) is 0 Å². The van der Waals surface area contributed by atoms with Gasteiger partial charge in [0.05, 0.1) is 24.4 Å². The number of rotatable bonds is 9. The van der Waals surface area contributed by atoms with Crippen LogP contribution in [0, 0.1) is 23.2 Å². The molecular formula is C33H54O8. The largest absolute Gasteiger partial charge is 0.394 e. The van der Waals surface area contributed by atoms with Gasteiger partial charge in [-0.25, -0.2) is 0 Å². The van der Waals surface area contributed by atoms with Crippen LogP contribution < -0.4 is 0 Å². The van der Waals surface area contributed by atoms with E-state index in [-0.39, 0.29) is 11.8 Å². The second-order valence-corrected chi connectivity index (χ2v) is 14.2. The SMILES string of the molecule is C=C1/C(=C\C=C2/CCC[C@@]3(C)C2CC[C@@H]3C(C)CCCC(C)(C)O)C[C@@H](O)C[C@@H]1OC1OC(CO)C(O)C(O)C1O. The summed E-state index contributed by atoms with van der Waals surface area (Å²) in [5, 5.41) is 61.0. The van der Waals surface area contributed by atoms with E-state index < -0.39 is 55.1 Å². The minimum atomic E-state index is -1.52. The Morgan fingerprint density at radius 3 is 2.54 bits per heavy atom. The Morgan fingerprint density at radius 2 is 1.85 bits per heavy atom. The summed E-state index contributed by atoms with van der Waals surface area (Å²) >= 11 is 0. The molecular weight excluding hydrogens is 524 g/mol. The number of ether oxygens (including phenoxy) is 2. The minimum absolute atomic E-state index is 0.272. The lowest BCUT2D eigenvalue weighted by Crippen LogP contribution is -2.60. The molecule has 11 atom stereocenters. The fourth-order valence-corrected chi connectivity index (χ4v) is 8.20. The lowest BCUT2D eigenvalue weighted by Gasteiger charge is -2.44. The van der Waals surface area contributed by atoms with Crippen LogP contribution in [0.4, 0.5) is 0 Å². The molecule has 4 rings (SSSR count). The molecule has 1 saturated heterocycles. The molecule has 4 aliphatic rings. The summed E-state index contributed by atoms with van der Waals surface area (Å²) in [6.07, 6.45) is 5.91. The van der Waals surface area contributed by atoms with Gasteiger partial charge in [-0.2, -0.15) is 0 Å². The van der Waals surface area contributed by atoms with Gasteiger partial charge in [-0.15, -0.1) is 0 Å². The molecule has 234 valence electrons. The highest BCUT2D eigenvalue weighted by Crippen LogP contribution is 2.60. The summed E-state index contributed by atoms with van der Waals surface area (Å²) in [5.41, 5.74) is 2.73.